The van der Waals surface area contributed by atoms with E-state index in [0.717, 1.165) is 5.56 Å². The van der Waals surface area contributed by atoms with E-state index in [4.69, 9.17) is 1.37 Å². The minimum Gasteiger partial charge on any atom is -0.341 e. The Balaban J connectivity index is 2.36. The molecule has 0 saturated heterocycles. The lowest BCUT2D eigenvalue weighted by Gasteiger charge is -2.22. The number of urea groups is 1. The third-order valence-electron chi connectivity index (χ3n) is 2.54. The molecule has 2 aromatic carbocycles. The van der Waals surface area contributed by atoms with Gasteiger partial charge in [0.15, 0.2) is 0 Å². The molecule has 3 heteroatoms. The smallest absolute Gasteiger partial charge is 0.321 e. The lowest BCUT2D eigenvalue weighted by molar-refractivity contribution is 0.248. The topological polar surface area (TPSA) is 32.3 Å². The van der Waals surface area contributed by atoms with Crippen molar-refractivity contribution in [3.05, 3.63) is 66.2 Å². The van der Waals surface area contributed by atoms with Crippen LogP contribution in [-0.4, -0.2) is 13.1 Å². The summed E-state index contributed by atoms with van der Waals surface area (Å²) < 4.78 is 8.31. The van der Waals surface area contributed by atoms with Crippen LogP contribution in [-0.2, 0) is 6.52 Å². The molecule has 1 N–H and O–H groups in total. The lowest BCUT2D eigenvalue weighted by Crippen LogP contribution is -2.37. The molecule has 0 aliphatic heterocycles. The molecule has 0 aromatic heterocycles. The molecule has 0 bridgehead atoms. The molecule has 0 heterocycles. The Hall–Kier alpha value is -2.29. The summed E-state index contributed by atoms with van der Waals surface area (Å²) in [5.74, 6) is 0. The van der Waals surface area contributed by atoms with E-state index in [1.54, 1.807) is 7.05 Å². The molecule has 0 fully saturated rings. The van der Waals surface area contributed by atoms with Gasteiger partial charge in [-0.1, -0.05) is 48.5 Å². The van der Waals surface area contributed by atoms with Crippen LogP contribution in [0.2, 0.25) is 0 Å². The van der Waals surface area contributed by atoms with E-state index in [1.165, 1.54) is 4.90 Å². The summed E-state index contributed by atoms with van der Waals surface area (Å²) in [5.41, 5.74) is 1.47. The summed E-state index contributed by atoms with van der Waals surface area (Å²) in [7, 11) is 1.57. The molecule has 0 saturated carbocycles. The van der Waals surface area contributed by atoms with Crippen molar-refractivity contribution < 1.29 is 6.17 Å². The van der Waals surface area contributed by atoms with Crippen LogP contribution < -0.4 is 10.2 Å². The molecule has 1 unspecified atom stereocenters. The second kappa shape index (κ2) is 5.87. The van der Waals surface area contributed by atoms with Gasteiger partial charge in [-0.15, -0.1) is 0 Å². The number of para-hydroxylation sites is 1. The van der Waals surface area contributed by atoms with Crippen LogP contribution in [0, 0.1) is 0 Å². The third-order valence-corrected chi connectivity index (χ3v) is 2.54. The minimum atomic E-state index is -0.774. The molecule has 3 nitrogen and oxygen atoms in total. The molecule has 0 aliphatic carbocycles. The van der Waals surface area contributed by atoms with Gasteiger partial charge in [0.1, 0.15) is 0 Å². The van der Waals surface area contributed by atoms with Gasteiger partial charge in [-0.25, -0.2) is 4.79 Å². The molecular formula is C15H16N2O. The zero-order valence-corrected chi connectivity index (χ0v) is 10.2. The summed E-state index contributed by atoms with van der Waals surface area (Å²) >= 11 is 0. The lowest BCUT2D eigenvalue weighted by atomic mass is 10.2. The van der Waals surface area contributed by atoms with Crippen LogP contribution in [0.4, 0.5) is 10.5 Å². The third kappa shape index (κ3) is 2.88. The molecule has 2 rings (SSSR count). The fraction of sp³-hybridized carbons (Fsp3) is 0.133. The van der Waals surface area contributed by atoms with E-state index in [9.17, 15) is 4.79 Å². The number of anilines is 1. The Bertz CT molecular complexity index is 530. The van der Waals surface area contributed by atoms with Crippen LogP contribution in [0.15, 0.2) is 60.7 Å². The summed E-state index contributed by atoms with van der Waals surface area (Å²) in [6.07, 6.45) is 0. The van der Waals surface area contributed by atoms with Crippen molar-refractivity contribution in [2.75, 3.05) is 11.9 Å². The number of carbonyl (C=O) groups excluding carboxylic acids is 1. The average Bonchev–Trinajstić information content (AvgIpc) is 2.49. The van der Waals surface area contributed by atoms with Crippen molar-refractivity contribution in [1.29, 1.82) is 0 Å². The number of hydrogen-bond acceptors (Lipinski definition) is 1. The molecule has 92 valence electrons. The first-order valence-electron chi connectivity index (χ1n) is 6.35. The first-order valence-corrected chi connectivity index (χ1v) is 5.77. The van der Waals surface area contributed by atoms with Crippen molar-refractivity contribution in [2.45, 2.75) is 6.52 Å². The van der Waals surface area contributed by atoms with Gasteiger partial charge in [-0.05, 0) is 17.7 Å². The number of benzene rings is 2. The highest BCUT2D eigenvalue weighted by Crippen LogP contribution is 2.16. The number of nitrogens with zero attached hydrogens (tertiary/aromatic N) is 1. The van der Waals surface area contributed by atoms with Crippen LogP contribution in [0.1, 0.15) is 6.93 Å². The quantitative estimate of drug-likeness (QED) is 0.880. The molecule has 2 aromatic rings. The van der Waals surface area contributed by atoms with Crippen LogP contribution in [0.3, 0.4) is 0 Å². The summed E-state index contributed by atoms with van der Waals surface area (Å²) in [4.78, 5) is 13.4. The molecule has 0 radical (unpaired) electrons. The second-order valence-electron chi connectivity index (χ2n) is 3.80. The van der Waals surface area contributed by atoms with E-state index >= 15 is 0 Å². The van der Waals surface area contributed by atoms with Gasteiger partial charge >= 0.3 is 6.03 Å². The van der Waals surface area contributed by atoms with Crippen molar-refractivity contribution in [3.63, 3.8) is 0 Å². The van der Waals surface area contributed by atoms with E-state index < -0.39 is 6.52 Å². The van der Waals surface area contributed by atoms with Crippen LogP contribution >= 0.6 is 0 Å². The second-order valence-corrected chi connectivity index (χ2v) is 3.80. The number of amides is 2. The van der Waals surface area contributed by atoms with E-state index in [2.05, 4.69) is 5.32 Å². The predicted molar refractivity (Wildman–Crippen MR) is 73.5 cm³/mol. The maximum atomic E-state index is 12.0. The maximum absolute atomic E-state index is 12.0. The fourth-order valence-corrected chi connectivity index (χ4v) is 1.65. The Kier molecular flexibility index (Phi) is 3.53. The molecule has 18 heavy (non-hydrogen) atoms. The number of nitrogens with one attached hydrogen (secondary N) is 1. The molecule has 0 spiro atoms. The highest BCUT2D eigenvalue weighted by Gasteiger charge is 2.13. The normalized spacial score (nSPS) is 12.4. The van der Waals surface area contributed by atoms with Gasteiger partial charge < -0.3 is 5.32 Å². The average molecular weight is 241 g/mol. The highest BCUT2D eigenvalue weighted by molar-refractivity contribution is 5.91. The minimum absolute atomic E-state index is 0.296. The van der Waals surface area contributed by atoms with Crippen molar-refractivity contribution in [3.8, 4) is 0 Å². The SMILES string of the molecule is [2H]C(c1ccccc1)N(C(=O)NC)c1ccccc1. The Morgan fingerprint density at radius 1 is 1.11 bits per heavy atom. The van der Waals surface area contributed by atoms with Gasteiger partial charge in [0, 0.05) is 12.7 Å². The van der Waals surface area contributed by atoms with Crippen molar-refractivity contribution in [1.82, 2.24) is 5.32 Å². The first-order chi connectivity index (χ1) is 9.24. The summed E-state index contributed by atoms with van der Waals surface area (Å²) in [5, 5.41) is 2.58. The zero-order valence-electron chi connectivity index (χ0n) is 11.2. The standard InChI is InChI=1S/C15H16N2O/c1-16-15(18)17(14-10-6-3-7-11-14)12-13-8-4-2-5-9-13/h2-11H,12H2,1H3,(H,16,18)/i12D. The van der Waals surface area contributed by atoms with Gasteiger partial charge in [-0.2, -0.15) is 0 Å². The summed E-state index contributed by atoms with van der Waals surface area (Å²) in [6, 6.07) is 18.2. The fourth-order valence-electron chi connectivity index (χ4n) is 1.65. The van der Waals surface area contributed by atoms with Crippen LogP contribution in [0.5, 0.6) is 0 Å². The van der Waals surface area contributed by atoms with Crippen molar-refractivity contribution in [2.24, 2.45) is 0 Å². The van der Waals surface area contributed by atoms with Gasteiger partial charge in [0.25, 0.3) is 0 Å². The molecule has 2 amide bonds. The predicted octanol–water partition coefficient (Wildman–Crippen LogP) is 3.03. The van der Waals surface area contributed by atoms with E-state index in [0.29, 0.717) is 5.69 Å². The highest BCUT2D eigenvalue weighted by atomic mass is 16.2. The number of carbonyl (C=O) groups is 1. The van der Waals surface area contributed by atoms with Crippen molar-refractivity contribution >= 4 is 11.7 Å². The Labute approximate surface area is 108 Å². The van der Waals surface area contributed by atoms with E-state index in [-0.39, 0.29) is 6.03 Å². The summed E-state index contributed by atoms with van der Waals surface area (Å²) in [6.45, 7) is -0.774. The monoisotopic (exact) mass is 241 g/mol. The van der Waals surface area contributed by atoms with Gasteiger partial charge in [-0.3, -0.25) is 4.90 Å². The number of rotatable bonds is 3. The molecular weight excluding hydrogens is 224 g/mol. The molecule has 0 aliphatic rings. The zero-order chi connectivity index (χ0) is 13.7. The van der Waals surface area contributed by atoms with Gasteiger partial charge in [0.05, 0.1) is 7.89 Å². The largest absolute Gasteiger partial charge is 0.341 e. The Morgan fingerprint density at radius 2 is 1.67 bits per heavy atom. The van der Waals surface area contributed by atoms with E-state index in [1.807, 2.05) is 60.7 Å². The number of hydrogen-bond donors (Lipinski definition) is 1. The first kappa shape index (κ1) is 10.8. The Morgan fingerprint density at radius 3 is 2.22 bits per heavy atom. The van der Waals surface area contributed by atoms with Crippen LogP contribution in [0.25, 0.3) is 0 Å². The maximum Gasteiger partial charge on any atom is 0.321 e. The molecule has 1 atom stereocenters. The van der Waals surface area contributed by atoms with Gasteiger partial charge in [0.2, 0.25) is 0 Å².